The smallest absolute Gasteiger partial charge is 0.411 e. The van der Waals surface area contributed by atoms with Crippen LogP contribution in [0.25, 0.3) is 11.1 Å². The van der Waals surface area contributed by atoms with Gasteiger partial charge in [-0.15, -0.1) is 0 Å². The van der Waals surface area contributed by atoms with Crippen LogP contribution in [0.15, 0.2) is 67.0 Å². The van der Waals surface area contributed by atoms with E-state index in [1.165, 1.54) is 12.8 Å². The predicted octanol–water partition coefficient (Wildman–Crippen LogP) is 5.98. The van der Waals surface area contributed by atoms with Crippen molar-refractivity contribution in [2.24, 2.45) is 0 Å². The number of carbonyl (C=O) groups is 1. The van der Waals surface area contributed by atoms with Gasteiger partial charge in [-0.2, -0.15) is 0 Å². The van der Waals surface area contributed by atoms with Crippen LogP contribution in [-0.2, 0) is 10.3 Å². The molecular weight excluding hydrogens is 438 g/mol. The van der Waals surface area contributed by atoms with Gasteiger partial charge in [0.05, 0.1) is 11.6 Å². The Balaban J connectivity index is 1.31. The SMILES string of the molecule is C[C@@H](c1ccc(-c2cnc(C3CC3)nc2)cc1)N1CC[C@](CC(C)(C)O)(c2ccccc2)OC1=O. The van der Waals surface area contributed by atoms with Crippen molar-refractivity contribution in [3.8, 4) is 11.1 Å². The number of hydrogen-bond donors (Lipinski definition) is 1. The Hall–Kier alpha value is -3.25. The van der Waals surface area contributed by atoms with Crippen molar-refractivity contribution in [3.63, 3.8) is 0 Å². The first-order chi connectivity index (χ1) is 16.7. The number of aliphatic hydroxyl groups is 1. The first-order valence-electron chi connectivity index (χ1n) is 12.4. The third-order valence-corrected chi connectivity index (χ3v) is 7.10. The second kappa shape index (κ2) is 9.08. The van der Waals surface area contributed by atoms with E-state index < -0.39 is 11.2 Å². The maximum absolute atomic E-state index is 13.3. The van der Waals surface area contributed by atoms with Crippen molar-refractivity contribution < 1.29 is 14.6 Å². The average molecular weight is 472 g/mol. The van der Waals surface area contributed by atoms with Crippen LogP contribution in [0.3, 0.4) is 0 Å². The summed E-state index contributed by atoms with van der Waals surface area (Å²) in [6, 6.07) is 17.8. The Morgan fingerprint density at radius 2 is 1.71 bits per heavy atom. The molecule has 6 nitrogen and oxygen atoms in total. The van der Waals surface area contributed by atoms with Crippen molar-refractivity contribution in [2.75, 3.05) is 6.54 Å². The number of carbonyl (C=O) groups excluding carboxylic acids is 1. The molecule has 1 amide bonds. The van der Waals surface area contributed by atoms with Gasteiger partial charge in [-0.1, -0.05) is 54.6 Å². The molecule has 0 radical (unpaired) electrons. The first-order valence-corrected chi connectivity index (χ1v) is 12.4. The van der Waals surface area contributed by atoms with E-state index in [1.54, 1.807) is 18.7 Å². The molecule has 1 N–H and O–H groups in total. The van der Waals surface area contributed by atoms with Crippen LogP contribution in [0.5, 0.6) is 0 Å². The summed E-state index contributed by atoms with van der Waals surface area (Å²) in [5, 5.41) is 10.6. The highest BCUT2D eigenvalue weighted by Crippen LogP contribution is 2.42. The minimum atomic E-state index is -0.972. The van der Waals surface area contributed by atoms with Gasteiger partial charge in [-0.05, 0) is 50.3 Å². The zero-order valence-electron chi connectivity index (χ0n) is 20.6. The van der Waals surface area contributed by atoms with E-state index in [1.807, 2.05) is 49.6 Å². The molecular formula is C29H33N3O3. The maximum Gasteiger partial charge on any atom is 0.411 e. The van der Waals surface area contributed by atoms with E-state index in [-0.39, 0.29) is 12.1 Å². The molecule has 0 spiro atoms. The molecule has 6 heteroatoms. The average Bonchev–Trinajstić information content (AvgIpc) is 3.69. The Kier molecular flexibility index (Phi) is 6.09. The Bertz CT molecular complexity index is 1170. The second-order valence-electron chi connectivity index (χ2n) is 10.6. The van der Waals surface area contributed by atoms with E-state index >= 15 is 0 Å². The molecule has 1 aromatic heterocycles. The standard InChI is InChI=1S/C29H33N3O3/c1-20(21-9-11-22(12-10-21)24-17-30-26(31-18-24)23-13-14-23)32-16-15-29(35-27(32)33,19-28(2,3)34)25-7-5-4-6-8-25/h4-12,17-18,20,23,34H,13-16,19H2,1-3H3/t20-,29-/m0/s1. The normalized spacial score (nSPS) is 21.5. The van der Waals surface area contributed by atoms with Crippen LogP contribution in [-0.4, -0.2) is 38.2 Å². The first kappa shape index (κ1) is 23.5. The zero-order chi connectivity index (χ0) is 24.6. The van der Waals surface area contributed by atoms with Crippen LogP contribution in [0.4, 0.5) is 4.79 Å². The zero-order valence-corrected chi connectivity index (χ0v) is 20.6. The molecule has 1 saturated heterocycles. The molecule has 1 aliphatic heterocycles. The highest BCUT2D eigenvalue weighted by molar-refractivity contribution is 5.70. The van der Waals surface area contributed by atoms with Gasteiger partial charge in [0.2, 0.25) is 0 Å². The third-order valence-electron chi connectivity index (χ3n) is 7.10. The fraction of sp³-hybridized carbons (Fsp3) is 0.414. The number of ether oxygens (including phenoxy) is 1. The topological polar surface area (TPSA) is 75.6 Å². The lowest BCUT2D eigenvalue weighted by atomic mass is 9.80. The summed E-state index contributed by atoms with van der Waals surface area (Å²) >= 11 is 0. The number of amides is 1. The number of benzene rings is 2. The Morgan fingerprint density at radius 3 is 2.29 bits per heavy atom. The molecule has 2 aliphatic rings. The fourth-order valence-electron chi connectivity index (χ4n) is 5.06. The lowest BCUT2D eigenvalue weighted by Gasteiger charge is -2.45. The summed E-state index contributed by atoms with van der Waals surface area (Å²) in [4.78, 5) is 24.1. The van der Waals surface area contributed by atoms with E-state index in [2.05, 4.69) is 34.2 Å². The van der Waals surface area contributed by atoms with Crippen LogP contribution in [0.1, 0.15) is 75.4 Å². The predicted molar refractivity (Wildman–Crippen MR) is 135 cm³/mol. The van der Waals surface area contributed by atoms with Crippen molar-refractivity contribution in [1.29, 1.82) is 0 Å². The highest BCUT2D eigenvalue weighted by atomic mass is 16.6. The van der Waals surface area contributed by atoms with Crippen molar-refractivity contribution >= 4 is 6.09 Å². The van der Waals surface area contributed by atoms with Gasteiger partial charge in [-0.25, -0.2) is 14.8 Å². The molecule has 2 fully saturated rings. The maximum atomic E-state index is 13.3. The Labute approximate surface area is 207 Å². The van der Waals surface area contributed by atoms with Crippen molar-refractivity contribution in [1.82, 2.24) is 14.9 Å². The van der Waals surface area contributed by atoms with Crippen LogP contribution in [0.2, 0.25) is 0 Å². The molecule has 0 unspecified atom stereocenters. The summed E-state index contributed by atoms with van der Waals surface area (Å²) in [6.07, 6.45) is 6.77. The van der Waals surface area contributed by atoms with E-state index in [0.29, 0.717) is 25.3 Å². The van der Waals surface area contributed by atoms with Gasteiger partial charge in [0.25, 0.3) is 0 Å². The number of aromatic nitrogens is 2. The fourth-order valence-corrected chi connectivity index (χ4v) is 5.06. The summed E-state index contributed by atoms with van der Waals surface area (Å²) in [5.74, 6) is 1.49. The molecule has 182 valence electrons. The van der Waals surface area contributed by atoms with Crippen molar-refractivity contribution in [3.05, 3.63) is 83.9 Å². The number of nitrogens with zero attached hydrogens (tertiary/aromatic N) is 3. The molecule has 35 heavy (non-hydrogen) atoms. The van der Waals surface area contributed by atoms with Crippen LogP contribution in [0, 0.1) is 0 Å². The summed E-state index contributed by atoms with van der Waals surface area (Å²) in [5.41, 5.74) is 2.19. The summed E-state index contributed by atoms with van der Waals surface area (Å²) in [7, 11) is 0. The van der Waals surface area contributed by atoms with E-state index in [9.17, 15) is 9.90 Å². The summed E-state index contributed by atoms with van der Waals surface area (Å²) < 4.78 is 6.13. The minimum absolute atomic E-state index is 0.138. The number of rotatable bonds is 7. The Morgan fingerprint density at radius 1 is 1.06 bits per heavy atom. The quantitative estimate of drug-likeness (QED) is 0.459. The van der Waals surface area contributed by atoms with Gasteiger partial charge in [0, 0.05) is 43.3 Å². The third kappa shape index (κ3) is 5.08. The lowest BCUT2D eigenvalue weighted by Crippen LogP contribution is -2.51. The largest absolute Gasteiger partial charge is 0.438 e. The molecule has 1 saturated carbocycles. The molecule has 5 rings (SSSR count). The van der Waals surface area contributed by atoms with Crippen molar-refractivity contribution in [2.45, 2.75) is 69.6 Å². The van der Waals surface area contributed by atoms with Gasteiger partial charge in [0.15, 0.2) is 0 Å². The molecule has 0 bridgehead atoms. The number of hydrogen-bond acceptors (Lipinski definition) is 5. The number of cyclic esters (lactones) is 1. The second-order valence-corrected chi connectivity index (χ2v) is 10.6. The van der Waals surface area contributed by atoms with Crippen LogP contribution >= 0.6 is 0 Å². The van der Waals surface area contributed by atoms with Gasteiger partial charge >= 0.3 is 6.09 Å². The highest BCUT2D eigenvalue weighted by Gasteiger charge is 2.46. The van der Waals surface area contributed by atoms with Gasteiger partial charge in [0.1, 0.15) is 11.4 Å². The molecule has 2 heterocycles. The molecule has 1 aliphatic carbocycles. The minimum Gasteiger partial charge on any atom is -0.438 e. The monoisotopic (exact) mass is 471 g/mol. The van der Waals surface area contributed by atoms with Crippen LogP contribution < -0.4 is 0 Å². The van der Waals surface area contributed by atoms with Gasteiger partial charge < -0.3 is 14.7 Å². The van der Waals surface area contributed by atoms with E-state index in [0.717, 1.165) is 28.1 Å². The summed E-state index contributed by atoms with van der Waals surface area (Å²) in [6.45, 7) is 6.08. The van der Waals surface area contributed by atoms with Gasteiger partial charge in [-0.3, -0.25) is 0 Å². The molecule has 2 aromatic carbocycles. The molecule has 3 aromatic rings. The lowest BCUT2D eigenvalue weighted by molar-refractivity contribution is -0.101. The molecule has 2 atom stereocenters. The van der Waals surface area contributed by atoms with E-state index in [4.69, 9.17) is 4.74 Å².